The summed E-state index contributed by atoms with van der Waals surface area (Å²) in [6.45, 7) is 4.37. The number of rotatable bonds is 8. The number of carbonyl (C=O) groups excluding carboxylic acids is 2. The summed E-state index contributed by atoms with van der Waals surface area (Å²) in [6.07, 6.45) is 4.07. The van der Waals surface area contributed by atoms with Crippen molar-refractivity contribution < 1.29 is 28.5 Å². The molecule has 0 bridgehead atoms. The zero-order valence-corrected chi connectivity index (χ0v) is 14.2. The Morgan fingerprint density at radius 1 is 1.22 bits per heavy atom. The Morgan fingerprint density at radius 2 is 1.96 bits per heavy atom. The van der Waals surface area contributed by atoms with Crippen LogP contribution in [-0.2, 0) is 23.7 Å². The lowest BCUT2D eigenvalue weighted by molar-refractivity contribution is -0.152. The van der Waals surface area contributed by atoms with Crippen LogP contribution in [-0.4, -0.2) is 63.8 Å². The van der Waals surface area contributed by atoms with Crippen LogP contribution in [0.3, 0.4) is 0 Å². The molecule has 7 heteroatoms. The molecule has 0 aromatic rings. The van der Waals surface area contributed by atoms with Gasteiger partial charge in [-0.05, 0) is 31.6 Å². The van der Waals surface area contributed by atoms with Crippen LogP contribution in [0.15, 0.2) is 12.7 Å². The van der Waals surface area contributed by atoms with Crippen molar-refractivity contribution >= 4 is 12.1 Å². The maximum Gasteiger partial charge on any atom is 0.410 e. The molecule has 1 heterocycles. The fraction of sp³-hybridized carbons (Fsp3) is 0.750. The van der Waals surface area contributed by atoms with E-state index in [1.165, 1.54) is 19.1 Å². The third kappa shape index (κ3) is 5.21. The largest absolute Gasteiger partial charge is 0.467 e. The Kier molecular flexibility index (Phi) is 8.65. The highest BCUT2D eigenvalue weighted by atomic mass is 16.7. The first-order valence-electron chi connectivity index (χ1n) is 7.72. The molecule has 1 aliphatic rings. The van der Waals surface area contributed by atoms with Gasteiger partial charge in [-0.2, -0.15) is 0 Å². The summed E-state index contributed by atoms with van der Waals surface area (Å²) < 4.78 is 19.9. The smallest absolute Gasteiger partial charge is 0.410 e. The Bertz CT molecular complexity index is 400. The molecule has 0 spiro atoms. The number of carbonyl (C=O) groups is 2. The third-order valence-electron chi connectivity index (χ3n) is 4.10. The van der Waals surface area contributed by atoms with Gasteiger partial charge < -0.3 is 18.9 Å². The number of amides is 1. The topological polar surface area (TPSA) is 74.3 Å². The van der Waals surface area contributed by atoms with Crippen LogP contribution in [0.2, 0.25) is 0 Å². The summed E-state index contributed by atoms with van der Waals surface area (Å²) in [5.74, 6) is -0.444. The maximum absolute atomic E-state index is 12.3. The molecule has 1 fully saturated rings. The van der Waals surface area contributed by atoms with Gasteiger partial charge >= 0.3 is 12.1 Å². The van der Waals surface area contributed by atoms with E-state index in [1.54, 1.807) is 13.2 Å². The summed E-state index contributed by atoms with van der Waals surface area (Å²) in [7, 11) is 4.19. The first-order valence-corrected chi connectivity index (χ1v) is 7.72. The molecule has 0 unspecified atom stereocenters. The van der Waals surface area contributed by atoms with Crippen molar-refractivity contribution in [2.45, 2.75) is 37.8 Å². The van der Waals surface area contributed by atoms with Crippen molar-refractivity contribution in [2.24, 2.45) is 5.92 Å². The van der Waals surface area contributed by atoms with Crippen LogP contribution in [0, 0.1) is 5.92 Å². The SMILES string of the molecule is C=CC[C@@H]1CC[C@@H](CCOCOC)N(C(=O)OC)[C@H]1C(=O)OC. The Labute approximate surface area is 137 Å². The molecular formula is C16H27NO6. The molecule has 0 N–H and O–H groups in total. The van der Waals surface area contributed by atoms with Crippen LogP contribution in [0.25, 0.3) is 0 Å². The summed E-state index contributed by atoms with van der Waals surface area (Å²) in [5, 5.41) is 0. The number of piperidine rings is 1. The molecule has 1 amide bonds. The van der Waals surface area contributed by atoms with E-state index in [0.29, 0.717) is 19.4 Å². The molecule has 0 aromatic carbocycles. The second-order valence-electron chi connectivity index (χ2n) is 5.46. The van der Waals surface area contributed by atoms with Crippen molar-refractivity contribution in [3.05, 3.63) is 12.7 Å². The first kappa shape index (κ1) is 19.4. The second-order valence-corrected chi connectivity index (χ2v) is 5.46. The predicted molar refractivity (Wildman–Crippen MR) is 83.8 cm³/mol. The number of ether oxygens (including phenoxy) is 4. The lowest BCUT2D eigenvalue weighted by Crippen LogP contribution is -2.57. The third-order valence-corrected chi connectivity index (χ3v) is 4.10. The molecule has 0 aliphatic carbocycles. The molecule has 1 saturated heterocycles. The highest BCUT2D eigenvalue weighted by molar-refractivity contribution is 5.82. The molecule has 0 saturated carbocycles. The van der Waals surface area contributed by atoms with Crippen LogP contribution in [0.5, 0.6) is 0 Å². The van der Waals surface area contributed by atoms with Crippen molar-refractivity contribution in [3.8, 4) is 0 Å². The van der Waals surface area contributed by atoms with E-state index >= 15 is 0 Å². The van der Waals surface area contributed by atoms with Gasteiger partial charge in [0.2, 0.25) is 0 Å². The Balaban J connectivity index is 2.92. The molecule has 132 valence electrons. The number of nitrogens with zero attached hydrogens (tertiary/aromatic N) is 1. The molecule has 1 aliphatic heterocycles. The van der Waals surface area contributed by atoms with E-state index in [9.17, 15) is 9.59 Å². The van der Waals surface area contributed by atoms with Crippen LogP contribution in [0.4, 0.5) is 4.79 Å². The standard InChI is InChI=1S/C16H27NO6/c1-5-6-12-7-8-13(9-10-23-11-20-2)17(16(19)22-4)14(12)15(18)21-3/h5,12-14H,1,6-11H2,2-4H3/t12-,13+,14-/m1/s1. The highest BCUT2D eigenvalue weighted by Crippen LogP contribution is 2.33. The fourth-order valence-electron chi connectivity index (χ4n) is 3.06. The lowest BCUT2D eigenvalue weighted by atomic mass is 9.82. The quantitative estimate of drug-likeness (QED) is 0.293. The lowest BCUT2D eigenvalue weighted by Gasteiger charge is -2.43. The van der Waals surface area contributed by atoms with Crippen molar-refractivity contribution in [3.63, 3.8) is 0 Å². The van der Waals surface area contributed by atoms with Gasteiger partial charge in [0.15, 0.2) is 0 Å². The van der Waals surface area contributed by atoms with Crippen LogP contribution >= 0.6 is 0 Å². The average molecular weight is 329 g/mol. The Morgan fingerprint density at radius 3 is 2.52 bits per heavy atom. The number of hydrogen-bond acceptors (Lipinski definition) is 6. The number of esters is 1. The van der Waals surface area contributed by atoms with E-state index in [0.717, 1.165) is 12.8 Å². The summed E-state index contributed by atoms with van der Waals surface area (Å²) >= 11 is 0. The summed E-state index contributed by atoms with van der Waals surface area (Å²) in [4.78, 5) is 26.0. The van der Waals surface area contributed by atoms with E-state index in [4.69, 9.17) is 18.9 Å². The normalized spacial score (nSPS) is 24.1. The van der Waals surface area contributed by atoms with Crippen LogP contribution in [0.1, 0.15) is 25.7 Å². The zero-order valence-electron chi connectivity index (χ0n) is 14.2. The molecule has 0 radical (unpaired) electrons. The summed E-state index contributed by atoms with van der Waals surface area (Å²) in [6, 6.07) is -0.795. The van der Waals surface area contributed by atoms with Crippen molar-refractivity contribution in [1.29, 1.82) is 0 Å². The monoisotopic (exact) mass is 329 g/mol. The average Bonchev–Trinajstić information content (AvgIpc) is 2.58. The van der Waals surface area contributed by atoms with E-state index in [-0.39, 0.29) is 18.8 Å². The molecule has 1 rings (SSSR count). The minimum absolute atomic E-state index is 0.0183. The van der Waals surface area contributed by atoms with E-state index in [1.807, 2.05) is 0 Å². The molecule has 0 aromatic heterocycles. The highest BCUT2D eigenvalue weighted by Gasteiger charge is 2.44. The molecule has 23 heavy (non-hydrogen) atoms. The number of methoxy groups -OCH3 is 3. The second kappa shape index (κ2) is 10.2. The van der Waals surface area contributed by atoms with Gasteiger partial charge in [0.1, 0.15) is 12.8 Å². The van der Waals surface area contributed by atoms with Gasteiger partial charge in [-0.25, -0.2) is 9.59 Å². The van der Waals surface area contributed by atoms with E-state index < -0.39 is 18.1 Å². The molecule has 7 nitrogen and oxygen atoms in total. The molecular weight excluding hydrogens is 302 g/mol. The minimum atomic E-state index is -0.661. The first-order chi connectivity index (χ1) is 11.1. The molecule has 3 atom stereocenters. The number of hydrogen-bond donors (Lipinski definition) is 0. The predicted octanol–water partition coefficient (Wildman–Crippen LogP) is 1.96. The Hall–Kier alpha value is -1.60. The van der Waals surface area contributed by atoms with Gasteiger partial charge in [-0.15, -0.1) is 6.58 Å². The van der Waals surface area contributed by atoms with Gasteiger partial charge in [0.05, 0.1) is 20.8 Å². The number of likely N-dealkylation sites (tertiary alicyclic amines) is 1. The maximum atomic E-state index is 12.3. The van der Waals surface area contributed by atoms with Crippen LogP contribution < -0.4 is 0 Å². The van der Waals surface area contributed by atoms with Crippen molar-refractivity contribution in [2.75, 3.05) is 34.7 Å². The van der Waals surface area contributed by atoms with Gasteiger partial charge in [-0.3, -0.25) is 4.90 Å². The minimum Gasteiger partial charge on any atom is -0.467 e. The van der Waals surface area contributed by atoms with E-state index in [2.05, 4.69) is 6.58 Å². The van der Waals surface area contributed by atoms with Gasteiger partial charge in [0.25, 0.3) is 0 Å². The summed E-state index contributed by atoms with van der Waals surface area (Å²) in [5.41, 5.74) is 0. The number of allylic oxidation sites excluding steroid dienone is 1. The zero-order chi connectivity index (χ0) is 17.2. The van der Waals surface area contributed by atoms with Crippen molar-refractivity contribution in [1.82, 2.24) is 4.90 Å². The van der Waals surface area contributed by atoms with Gasteiger partial charge in [0, 0.05) is 13.2 Å². The van der Waals surface area contributed by atoms with Gasteiger partial charge in [-0.1, -0.05) is 6.08 Å². The fourth-order valence-corrected chi connectivity index (χ4v) is 3.06.